The lowest BCUT2D eigenvalue weighted by atomic mass is 10.1. The Morgan fingerprint density at radius 3 is 2.26 bits per heavy atom. The second-order valence-corrected chi connectivity index (χ2v) is 9.01. The highest BCUT2D eigenvalue weighted by atomic mass is 35.5. The number of anilines is 1. The molecule has 182 valence electrons. The summed E-state index contributed by atoms with van der Waals surface area (Å²) in [5, 5.41) is 9.55. The third-order valence-electron chi connectivity index (χ3n) is 6.18. The first-order chi connectivity index (χ1) is 16.7. The Balaban J connectivity index is 1.59. The molecule has 0 unspecified atom stereocenters. The van der Waals surface area contributed by atoms with E-state index >= 15 is 0 Å². The van der Waals surface area contributed by atoms with Crippen molar-refractivity contribution < 1.29 is 13.2 Å². The molecule has 0 saturated carbocycles. The highest BCUT2D eigenvalue weighted by molar-refractivity contribution is 6.30. The van der Waals surface area contributed by atoms with Gasteiger partial charge in [-0.05, 0) is 42.4 Å². The van der Waals surface area contributed by atoms with E-state index in [9.17, 15) is 18.0 Å². The highest BCUT2D eigenvalue weighted by Gasteiger charge is 2.30. The Kier molecular flexibility index (Phi) is 6.02. The summed E-state index contributed by atoms with van der Waals surface area (Å²) in [5.41, 5.74) is 2.24. The molecule has 3 heterocycles. The molecule has 35 heavy (non-hydrogen) atoms. The predicted molar refractivity (Wildman–Crippen MR) is 128 cm³/mol. The smallest absolute Gasteiger partial charge is 0.365 e. The molecule has 0 N–H and O–H groups in total. The maximum Gasteiger partial charge on any atom is 0.416 e. The van der Waals surface area contributed by atoms with Gasteiger partial charge in [0.25, 0.3) is 0 Å². The first-order valence-corrected chi connectivity index (χ1v) is 11.4. The van der Waals surface area contributed by atoms with Crippen molar-refractivity contribution in [2.24, 2.45) is 0 Å². The number of nitrogens with zero attached hydrogens (tertiary/aromatic N) is 6. The quantitative estimate of drug-likeness (QED) is 0.422. The van der Waals surface area contributed by atoms with Crippen molar-refractivity contribution in [3.63, 3.8) is 0 Å². The van der Waals surface area contributed by atoms with E-state index in [1.165, 1.54) is 21.3 Å². The molecule has 0 amide bonds. The fraction of sp³-hybridized carbons (Fsp3) is 0.292. The first-order valence-electron chi connectivity index (χ1n) is 11.0. The van der Waals surface area contributed by atoms with Crippen LogP contribution in [0.15, 0.2) is 59.5 Å². The molecule has 1 fully saturated rings. The number of hydrogen-bond donors (Lipinski definition) is 0. The number of halogens is 4. The van der Waals surface area contributed by atoms with E-state index in [0.29, 0.717) is 16.2 Å². The van der Waals surface area contributed by atoms with Crippen molar-refractivity contribution in [2.45, 2.75) is 12.7 Å². The Labute approximate surface area is 203 Å². The number of benzene rings is 2. The normalized spacial score (nSPS) is 15.2. The Hall–Kier alpha value is -3.37. The van der Waals surface area contributed by atoms with Gasteiger partial charge in [0.15, 0.2) is 0 Å². The summed E-state index contributed by atoms with van der Waals surface area (Å²) in [6.45, 7) is 3.22. The van der Waals surface area contributed by atoms with Crippen LogP contribution in [0.3, 0.4) is 0 Å². The molecule has 2 aromatic carbocycles. The SMILES string of the molecule is CN1CCN(c2c(-c3ccc(Cl)cc3)cnn3c(=O)n(Cc4ccc(C(F)(F)F)cc4)nc23)CC1. The molecule has 1 aliphatic rings. The van der Waals surface area contributed by atoms with E-state index in [0.717, 1.165) is 55.1 Å². The first kappa shape index (κ1) is 23.4. The molecular weight excluding hydrogens is 481 g/mol. The van der Waals surface area contributed by atoms with Gasteiger partial charge in [-0.2, -0.15) is 22.8 Å². The molecule has 0 atom stereocenters. The summed E-state index contributed by atoms with van der Waals surface area (Å²) in [6, 6.07) is 12.1. The van der Waals surface area contributed by atoms with Crippen molar-refractivity contribution in [1.29, 1.82) is 0 Å². The van der Waals surface area contributed by atoms with E-state index in [1.807, 2.05) is 12.1 Å². The standard InChI is InChI=1S/C24H22ClF3N6O/c1-31-10-12-32(13-11-31)21-20(17-4-8-19(25)9-5-17)14-29-34-22(21)30-33(23(34)35)15-16-2-6-18(7-3-16)24(26,27)28/h2-9,14H,10-13,15H2,1H3. The van der Waals surface area contributed by atoms with Gasteiger partial charge in [0.1, 0.15) is 0 Å². The Bertz CT molecular complexity index is 1400. The second-order valence-electron chi connectivity index (χ2n) is 8.57. The molecule has 4 aromatic rings. The number of rotatable bonds is 4. The van der Waals surface area contributed by atoms with Crippen molar-refractivity contribution in [3.8, 4) is 11.1 Å². The number of alkyl halides is 3. The lowest BCUT2D eigenvalue weighted by molar-refractivity contribution is -0.137. The van der Waals surface area contributed by atoms with Gasteiger partial charge in [0.05, 0.1) is 24.0 Å². The Morgan fingerprint density at radius 1 is 0.971 bits per heavy atom. The zero-order valence-corrected chi connectivity index (χ0v) is 19.6. The summed E-state index contributed by atoms with van der Waals surface area (Å²) in [5.74, 6) is 0. The van der Waals surface area contributed by atoms with E-state index in [2.05, 4.69) is 27.0 Å². The Morgan fingerprint density at radius 2 is 1.63 bits per heavy atom. The molecule has 0 bridgehead atoms. The molecule has 5 rings (SSSR count). The third kappa shape index (κ3) is 4.63. The largest absolute Gasteiger partial charge is 0.416 e. The zero-order valence-electron chi connectivity index (χ0n) is 18.8. The monoisotopic (exact) mass is 502 g/mol. The van der Waals surface area contributed by atoms with E-state index in [4.69, 9.17) is 11.6 Å². The molecule has 0 spiro atoms. The minimum absolute atomic E-state index is 0.0266. The van der Waals surface area contributed by atoms with Crippen molar-refractivity contribution in [1.82, 2.24) is 24.3 Å². The maximum absolute atomic E-state index is 13.1. The summed E-state index contributed by atoms with van der Waals surface area (Å²) in [7, 11) is 2.06. The highest BCUT2D eigenvalue weighted by Crippen LogP contribution is 2.34. The number of likely N-dealkylation sites (N-methyl/N-ethyl adjacent to an activating group) is 1. The summed E-state index contributed by atoms with van der Waals surface area (Å²) in [4.78, 5) is 17.5. The number of piperazine rings is 1. The zero-order chi connectivity index (χ0) is 24.7. The molecule has 2 aromatic heterocycles. The van der Waals surface area contributed by atoms with Crippen LogP contribution in [0.5, 0.6) is 0 Å². The van der Waals surface area contributed by atoms with Gasteiger partial charge in [-0.1, -0.05) is 35.9 Å². The molecule has 1 aliphatic heterocycles. The third-order valence-corrected chi connectivity index (χ3v) is 6.43. The molecule has 1 saturated heterocycles. The lowest BCUT2D eigenvalue weighted by Crippen LogP contribution is -2.45. The second kappa shape index (κ2) is 9.01. The number of aromatic nitrogens is 4. The van der Waals surface area contributed by atoms with Gasteiger partial charge in [-0.25, -0.2) is 9.48 Å². The van der Waals surface area contributed by atoms with E-state index in [-0.39, 0.29) is 6.54 Å². The van der Waals surface area contributed by atoms with Crippen LogP contribution in [0, 0.1) is 0 Å². The summed E-state index contributed by atoms with van der Waals surface area (Å²) in [6.07, 6.45) is -2.77. The number of hydrogen-bond acceptors (Lipinski definition) is 5. The average molecular weight is 503 g/mol. The van der Waals surface area contributed by atoms with Gasteiger partial charge in [0.2, 0.25) is 5.65 Å². The van der Waals surface area contributed by atoms with Crippen molar-refractivity contribution >= 4 is 22.9 Å². The topological polar surface area (TPSA) is 58.7 Å². The van der Waals surface area contributed by atoms with E-state index < -0.39 is 17.4 Å². The predicted octanol–water partition coefficient (Wildman–Crippen LogP) is 4.03. The van der Waals surface area contributed by atoms with Gasteiger partial charge in [0, 0.05) is 36.8 Å². The fourth-order valence-corrected chi connectivity index (χ4v) is 4.33. The summed E-state index contributed by atoms with van der Waals surface area (Å²) < 4.78 is 41.2. The van der Waals surface area contributed by atoms with E-state index in [1.54, 1.807) is 18.3 Å². The van der Waals surface area contributed by atoms with Gasteiger partial charge < -0.3 is 9.80 Å². The van der Waals surface area contributed by atoms with Gasteiger partial charge in [-0.15, -0.1) is 5.10 Å². The average Bonchev–Trinajstić information content (AvgIpc) is 3.14. The molecule has 11 heteroatoms. The molecular formula is C24H22ClF3N6O. The van der Waals surface area contributed by atoms with Crippen LogP contribution < -0.4 is 10.6 Å². The van der Waals surface area contributed by atoms with Crippen molar-refractivity contribution in [2.75, 3.05) is 38.1 Å². The minimum Gasteiger partial charge on any atom is -0.365 e. The van der Waals surface area contributed by atoms with Crippen LogP contribution in [0.1, 0.15) is 11.1 Å². The maximum atomic E-state index is 13.1. The van der Waals surface area contributed by atoms with Gasteiger partial charge in [-0.3, -0.25) is 0 Å². The van der Waals surface area contributed by atoms with Gasteiger partial charge >= 0.3 is 11.9 Å². The molecule has 7 nitrogen and oxygen atoms in total. The van der Waals surface area contributed by atoms with Crippen LogP contribution in [-0.4, -0.2) is 57.5 Å². The fourth-order valence-electron chi connectivity index (χ4n) is 4.21. The van der Waals surface area contributed by atoms with Crippen LogP contribution in [0.25, 0.3) is 16.8 Å². The number of fused-ring (bicyclic) bond motifs is 1. The van der Waals surface area contributed by atoms with Crippen LogP contribution in [-0.2, 0) is 12.7 Å². The molecule has 0 aliphatic carbocycles. The molecule has 0 radical (unpaired) electrons. The van der Waals surface area contributed by atoms with Crippen molar-refractivity contribution in [3.05, 3.63) is 81.4 Å². The minimum atomic E-state index is -4.42. The van der Waals surface area contributed by atoms with Crippen LogP contribution in [0.4, 0.5) is 18.9 Å². The van der Waals surface area contributed by atoms with Crippen LogP contribution >= 0.6 is 11.6 Å². The van der Waals surface area contributed by atoms with Crippen LogP contribution in [0.2, 0.25) is 5.02 Å². The lowest BCUT2D eigenvalue weighted by Gasteiger charge is -2.35. The summed E-state index contributed by atoms with van der Waals surface area (Å²) >= 11 is 6.08.